The van der Waals surface area contributed by atoms with E-state index in [1.54, 1.807) is 0 Å². The minimum atomic E-state index is -3.59. The van der Waals surface area contributed by atoms with Crippen molar-refractivity contribution in [3.8, 4) is 0 Å². The van der Waals surface area contributed by atoms with Gasteiger partial charge in [0.05, 0.1) is 9.82 Å². The number of nitro benzene ring substituents is 1. The lowest BCUT2D eigenvalue weighted by Crippen LogP contribution is -2.33. The van der Waals surface area contributed by atoms with Crippen LogP contribution in [0.3, 0.4) is 0 Å². The first-order valence-corrected chi connectivity index (χ1v) is 7.76. The monoisotopic (exact) mass is 299 g/mol. The van der Waals surface area contributed by atoms with E-state index in [-0.39, 0.29) is 22.5 Å². The molecule has 2 atom stereocenters. The second-order valence-corrected chi connectivity index (χ2v) is 6.96. The number of hydrogen-bond donors (Lipinski definition) is 1. The van der Waals surface area contributed by atoms with Gasteiger partial charge in [-0.3, -0.25) is 10.1 Å². The Bertz CT molecular complexity index is 598. The Morgan fingerprint density at radius 2 is 2.00 bits per heavy atom. The van der Waals surface area contributed by atoms with E-state index >= 15 is 0 Å². The van der Waals surface area contributed by atoms with Crippen LogP contribution in [-0.2, 0) is 10.0 Å². The average molecular weight is 299 g/mol. The van der Waals surface area contributed by atoms with Crippen molar-refractivity contribution in [2.75, 3.05) is 13.1 Å². The lowest BCUT2D eigenvalue weighted by molar-refractivity contribution is -0.384. The van der Waals surface area contributed by atoms with E-state index in [0.29, 0.717) is 13.1 Å². The summed E-state index contributed by atoms with van der Waals surface area (Å²) in [5.41, 5.74) is 5.67. The Morgan fingerprint density at radius 3 is 2.45 bits per heavy atom. The lowest BCUT2D eigenvalue weighted by atomic mass is 10.0. The van der Waals surface area contributed by atoms with E-state index in [0.717, 1.165) is 6.42 Å². The van der Waals surface area contributed by atoms with Gasteiger partial charge in [-0.05, 0) is 31.4 Å². The first-order chi connectivity index (χ1) is 9.32. The van der Waals surface area contributed by atoms with Gasteiger partial charge in [-0.15, -0.1) is 0 Å². The third kappa shape index (κ3) is 2.82. The van der Waals surface area contributed by atoms with E-state index in [4.69, 9.17) is 5.73 Å². The van der Waals surface area contributed by atoms with Gasteiger partial charge in [-0.25, -0.2) is 8.42 Å². The van der Waals surface area contributed by atoms with Crippen LogP contribution in [0.1, 0.15) is 13.3 Å². The Morgan fingerprint density at radius 1 is 1.40 bits per heavy atom. The maximum absolute atomic E-state index is 12.4. The van der Waals surface area contributed by atoms with Crippen LogP contribution < -0.4 is 5.73 Å². The van der Waals surface area contributed by atoms with Crippen molar-refractivity contribution >= 4 is 15.7 Å². The maximum atomic E-state index is 12.4. The predicted octanol–water partition coefficient (Wildman–Crippen LogP) is 0.953. The summed E-state index contributed by atoms with van der Waals surface area (Å²) in [5, 5.41) is 10.6. The molecule has 1 fully saturated rings. The van der Waals surface area contributed by atoms with Crippen molar-refractivity contribution in [2.45, 2.75) is 24.3 Å². The van der Waals surface area contributed by atoms with Crippen LogP contribution in [0.15, 0.2) is 29.2 Å². The minimum Gasteiger partial charge on any atom is -0.328 e. The molecule has 1 aliphatic heterocycles. The summed E-state index contributed by atoms with van der Waals surface area (Å²) >= 11 is 0. The number of sulfonamides is 1. The first kappa shape index (κ1) is 14.9. The summed E-state index contributed by atoms with van der Waals surface area (Å²) in [6.45, 7) is 2.70. The van der Waals surface area contributed by atoms with Gasteiger partial charge < -0.3 is 5.73 Å². The van der Waals surface area contributed by atoms with E-state index in [1.165, 1.54) is 28.6 Å². The second-order valence-electron chi connectivity index (χ2n) is 5.02. The molecular weight excluding hydrogens is 282 g/mol. The largest absolute Gasteiger partial charge is 0.328 e. The molecule has 1 aromatic rings. The summed E-state index contributed by atoms with van der Waals surface area (Å²) in [4.78, 5) is 10.1. The first-order valence-electron chi connectivity index (χ1n) is 6.32. The molecule has 7 nitrogen and oxygen atoms in total. The van der Waals surface area contributed by atoms with Crippen LogP contribution in [0.4, 0.5) is 5.69 Å². The molecule has 2 rings (SSSR count). The Balaban J connectivity index is 2.21. The summed E-state index contributed by atoms with van der Waals surface area (Å²) in [6.07, 6.45) is 0.740. The average Bonchev–Trinajstić information content (AvgIpc) is 2.89. The van der Waals surface area contributed by atoms with Crippen molar-refractivity contribution < 1.29 is 13.3 Å². The van der Waals surface area contributed by atoms with Crippen LogP contribution in [0, 0.1) is 16.0 Å². The molecule has 1 aromatic carbocycles. The van der Waals surface area contributed by atoms with Gasteiger partial charge >= 0.3 is 0 Å². The smallest absolute Gasteiger partial charge is 0.269 e. The highest BCUT2D eigenvalue weighted by molar-refractivity contribution is 7.89. The lowest BCUT2D eigenvalue weighted by Gasteiger charge is -2.18. The highest BCUT2D eigenvalue weighted by Crippen LogP contribution is 2.26. The minimum absolute atomic E-state index is 0.0490. The maximum Gasteiger partial charge on any atom is 0.269 e. The van der Waals surface area contributed by atoms with Crippen LogP contribution in [0.2, 0.25) is 0 Å². The molecule has 0 spiro atoms. The molecule has 0 saturated carbocycles. The molecule has 0 bridgehead atoms. The van der Waals surface area contributed by atoms with Crippen LogP contribution in [0.5, 0.6) is 0 Å². The quantitative estimate of drug-likeness (QED) is 0.658. The van der Waals surface area contributed by atoms with Gasteiger partial charge in [-0.1, -0.05) is 0 Å². The van der Waals surface area contributed by atoms with Gasteiger partial charge in [-0.2, -0.15) is 4.31 Å². The molecule has 0 aliphatic carbocycles. The highest BCUT2D eigenvalue weighted by atomic mass is 32.2. The van der Waals surface area contributed by atoms with Gasteiger partial charge in [0.15, 0.2) is 0 Å². The standard InChI is InChI=1S/C12H17N3O4S/c1-9(13)10-6-7-14(8-10)20(18,19)12-4-2-11(3-5-12)15(16)17/h2-5,9-10H,6-8,13H2,1H3/t9-,10+/m0/s1. The van der Waals surface area contributed by atoms with Gasteiger partial charge in [0, 0.05) is 31.3 Å². The second kappa shape index (κ2) is 5.47. The van der Waals surface area contributed by atoms with Crippen molar-refractivity contribution in [1.82, 2.24) is 4.31 Å². The molecule has 20 heavy (non-hydrogen) atoms. The number of nitrogens with two attached hydrogens (primary N) is 1. The molecule has 0 aromatic heterocycles. The zero-order valence-electron chi connectivity index (χ0n) is 11.1. The third-order valence-corrected chi connectivity index (χ3v) is 5.50. The Kier molecular flexibility index (Phi) is 4.07. The molecule has 1 aliphatic rings. The number of benzene rings is 1. The van der Waals surface area contributed by atoms with Crippen molar-refractivity contribution in [3.63, 3.8) is 0 Å². The molecule has 0 radical (unpaired) electrons. The third-order valence-electron chi connectivity index (χ3n) is 3.62. The predicted molar refractivity (Wildman–Crippen MR) is 73.6 cm³/mol. The fourth-order valence-corrected chi connectivity index (χ4v) is 3.80. The molecule has 0 unspecified atom stereocenters. The van der Waals surface area contributed by atoms with Crippen LogP contribution in [0.25, 0.3) is 0 Å². The van der Waals surface area contributed by atoms with Crippen molar-refractivity contribution in [2.24, 2.45) is 11.7 Å². The summed E-state index contributed by atoms with van der Waals surface area (Å²) in [5.74, 6) is 0.155. The van der Waals surface area contributed by atoms with E-state index in [1.807, 2.05) is 6.92 Å². The number of nitrogens with zero attached hydrogens (tertiary/aromatic N) is 2. The Hall–Kier alpha value is -1.51. The van der Waals surface area contributed by atoms with Gasteiger partial charge in [0.1, 0.15) is 0 Å². The fraction of sp³-hybridized carbons (Fsp3) is 0.500. The zero-order valence-corrected chi connectivity index (χ0v) is 11.9. The molecule has 0 amide bonds. The number of non-ortho nitro benzene ring substituents is 1. The topological polar surface area (TPSA) is 107 Å². The Labute approximate surface area is 117 Å². The van der Waals surface area contributed by atoms with Gasteiger partial charge in [0.2, 0.25) is 10.0 Å². The summed E-state index contributed by atoms with van der Waals surface area (Å²) in [7, 11) is -3.59. The summed E-state index contributed by atoms with van der Waals surface area (Å²) in [6, 6.07) is 4.89. The zero-order chi connectivity index (χ0) is 14.9. The molecule has 8 heteroatoms. The highest BCUT2D eigenvalue weighted by Gasteiger charge is 2.34. The number of rotatable bonds is 4. The number of hydrogen-bond acceptors (Lipinski definition) is 5. The number of nitro groups is 1. The van der Waals surface area contributed by atoms with Gasteiger partial charge in [0.25, 0.3) is 5.69 Å². The van der Waals surface area contributed by atoms with Crippen molar-refractivity contribution in [1.29, 1.82) is 0 Å². The summed E-state index contributed by atoms with van der Waals surface area (Å²) < 4.78 is 26.2. The van der Waals surface area contributed by atoms with Crippen LogP contribution >= 0.6 is 0 Å². The normalized spacial score (nSPS) is 21.8. The SMILES string of the molecule is C[C@H](N)[C@@H]1CCN(S(=O)(=O)c2ccc([N+](=O)[O-])cc2)C1. The van der Waals surface area contributed by atoms with E-state index in [2.05, 4.69) is 0 Å². The molecular formula is C12H17N3O4S. The molecule has 1 saturated heterocycles. The van der Waals surface area contributed by atoms with Crippen molar-refractivity contribution in [3.05, 3.63) is 34.4 Å². The van der Waals surface area contributed by atoms with E-state index in [9.17, 15) is 18.5 Å². The molecule has 110 valence electrons. The van der Waals surface area contributed by atoms with Crippen LogP contribution in [-0.4, -0.2) is 36.8 Å². The molecule has 1 heterocycles. The van der Waals surface area contributed by atoms with E-state index < -0.39 is 14.9 Å². The molecule has 2 N–H and O–H groups in total. The fourth-order valence-electron chi connectivity index (χ4n) is 2.29.